The van der Waals surface area contributed by atoms with E-state index in [1.54, 1.807) is 47.0 Å². The Bertz CT molecular complexity index is 1670. The van der Waals surface area contributed by atoms with Gasteiger partial charge in [-0.3, -0.25) is 14.4 Å². The highest BCUT2D eigenvalue weighted by Gasteiger charge is 2.19. The van der Waals surface area contributed by atoms with Crippen molar-refractivity contribution in [1.29, 1.82) is 0 Å². The van der Waals surface area contributed by atoms with Crippen molar-refractivity contribution >= 4 is 50.7 Å². The maximum absolute atomic E-state index is 13.5. The van der Waals surface area contributed by atoms with Crippen LogP contribution in [-0.2, 0) is 11.3 Å². The van der Waals surface area contributed by atoms with E-state index in [0.717, 1.165) is 16.3 Å². The van der Waals surface area contributed by atoms with E-state index in [1.807, 2.05) is 49.4 Å². The van der Waals surface area contributed by atoms with Crippen molar-refractivity contribution in [1.82, 2.24) is 4.57 Å². The van der Waals surface area contributed by atoms with Gasteiger partial charge in [-0.25, -0.2) is 0 Å². The second-order valence-electron chi connectivity index (χ2n) is 8.47. The van der Waals surface area contributed by atoms with Gasteiger partial charge in [0.15, 0.2) is 5.78 Å². The number of rotatable bonds is 5. The van der Waals surface area contributed by atoms with Crippen molar-refractivity contribution in [2.75, 3.05) is 5.32 Å². The Morgan fingerprint density at radius 2 is 1.63 bits per heavy atom. The molecule has 1 aromatic heterocycles. The number of pyridine rings is 1. The summed E-state index contributed by atoms with van der Waals surface area (Å²) in [6.45, 7) is 1.84. The average molecular weight is 481 g/mol. The molecule has 5 aromatic rings. The van der Waals surface area contributed by atoms with Crippen LogP contribution >= 0.6 is 11.6 Å². The van der Waals surface area contributed by atoms with Gasteiger partial charge < -0.3 is 9.88 Å². The summed E-state index contributed by atoms with van der Waals surface area (Å²) in [5.41, 5.74) is 2.23. The zero-order valence-electron chi connectivity index (χ0n) is 18.9. The largest absolute Gasteiger partial charge is 0.337 e. The Morgan fingerprint density at radius 1 is 0.886 bits per heavy atom. The summed E-state index contributed by atoms with van der Waals surface area (Å²) in [4.78, 5) is 39.6. The van der Waals surface area contributed by atoms with Gasteiger partial charge in [0.2, 0.25) is 11.3 Å². The summed E-state index contributed by atoms with van der Waals surface area (Å²) in [5, 5.41) is 5.71. The van der Waals surface area contributed by atoms with Crippen LogP contribution in [0.4, 0.5) is 5.69 Å². The van der Waals surface area contributed by atoms with Crippen LogP contribution in [0, 0.1) is 6.92 Å². The predicted molar refractivity (Wildman–Crippen MR) is 140 cm³/mol. The minimum Gasteiger partial charge on any atom is -0.337 e. The van der Waals surface area contributed by atoms with E-state index in [1.165, 1.54) is 6.20 Å². The average Bonchev–Trinajstić information content (AvgIpc) is 2.86. The molecule has 5 rings (SSSR count). The number of anilines is 1. The highest BCUT2D eigenvalue weighted by Crippen LogP contribution is 2.20. The van der Waals surface area contributed by atoms with Gasteiger partial charge in [-0.05, 0) is 65.7 Å². The third-order valence-electron chi connectivity index (χ3n) is 5.94. The minimum atomic E-state index is -0.380. The molecule has 0 aliphatic carbocycles. The van der Waals surface area contributed by atoms with Crippen LogP contribution in [0.15, 0.2) is 95.9 Å². The molecule has 0 spiro atoms. The highest BCUT2D eigenvalue weighted by atomic mass is 35.5. The van der Waals surface area contributed by atoms with E-state index in [-0.39, 0.29) is 29.2 Å². The molecule has 0 saturated heterocycles. The van der Waals surface area contributed by atoms with E-state index in [0.29, 0.717) is 27.2 Å². The van der Waals surface area contributed by atoms with Gasteiger partial charge >= 0.3 is 0 Å². The summed E-state index contributed by atoms with van der Waals surface area (Å²) in [6, 6.07) is 25.3. The van der Waals surface area contributed by atoms with Crippen molar-refractivity contribution in [2.45, 2.75) is 13.5 Å². The molecule has 0 aliphatic heterocycles. The van der Waals surface area contributed by atoms with Crippen LogP contribution in [0.1, 0.15) is 21.5 Å². The Balaban J connectivity index is 1.56. The number of hydrogen-bond donors (Lipinski definition) is 1. The Morgan fingerprint density at radius 3 is 2.40 bits per heavy atom. The van der Waals surface area contributed by atoms with Crippen molar-refractivity contribution < 1.29 is 9.59 Å². The van der Waals surface area contributed by atoms with Crippen molar-refractivity contribution in [3.05, 3.63) is 123 Å². The van der Waals surface area contributed by atoms with E-state index in [2.05, 4.69) is 5.32 Å². The normalized spacial score (nSPS) is 11.0. The first-order chi connectivity index (χ1) is 16.9. The molecule has 5 nitrogen and oxygen atoms in total. The standard InChI is InChI=1S/C29H21ClN2O3/c1-18-6-13-24-26(14-18)32(17-27(33)31-23-11-9-22(30)10-12-23)16-25(29(24)35)28(34)21-8-7-19-4-2-3-5-20(19)15-21/h2-16H,17H2,1H3,(H,31,33). The lowest BCUT2D eigenvalue weighted by Crippen LogP contribution is -2.24. The molecule has 1 amide bonds. The number of nitrogens with zero attached hydrogens (tertiary/aromatic N) is 1. The Kier molecular flexibility index (Phi) is 5.93. The fourth-order valence-electron chi connectivity index (χ4n) is 4.17. The molecule has 0 radical (unpaired) electrons. The van der Waals surface area contributed by atoms with Crippen LogP contribution in [0.2, 0.25) is 5.02 Å². The number of fused-ring (bicyclic) bond motifs is 2. The van der Waals surface area contributed by atoms with Crippen molar-refractivity contribution in [3.8, 4) is 0 Å². The molecule has 0 fully saturated rings. The molecule has 0 unspecified atom stereocenters. The number of carbonyl (C=O) groups excluding carboxylic acids is 2. The predicted octanol–water partition coefficient (Wildman–Crippen LogP) is 5.99. The van der Waals surface area contributed by atoms with E-state index in [4.69, 9.17) is 11.6 Å². The van der Waals surface area contributed by atoms with Gasteiger partial charge in [-0.2, -0.15) is 0 Å². The lowest BCUT2D eigenvalue weighted by Gasteiger charge is -2.14. The van der Waals surface area contributed by atoms with Crippen LogP contribution in [0.3, 0.4) is 0 Å². The summed E-state index contributed by atoms with van der Waals surface area (Å²) in [6.07, 6.45) is 1.49. The summed E-state index contributed by atoms with van der Waals surface area (Å²) in [7, 11) is 0. The maximum atomic E-state index is 13.5. The SMILES string of the molecule is Cc1ccc2c(=O)c(C(=O)c3ccc4ccccc4c3)cn(CC(=O)Nc3ccc(Cl)cc3)c2c1. The number of aryl methyl sites for hydroxylation is 1. The Hall–Kier alpha value is -4.22. The molecule has 172 valence electrons. The minimum absolute atomic E-state index is 0.0240. The molecule has 4 aromatic carbocycles. The van der Waals surface area contributed by atoms with Crippen molar-refractivity contribution in [3.63, 3.8) is 0 Å². The first kappa shape index (κ1) is 22.6. The second-order valence-corrected chi connectivity index (χ2v) is 8.90. The molecular formula is C29H21ClN2O3. The third kappa shape index (κ3) is 4.59. The molecule has 1 N–H and O–H groups in total. The van der Waals surface area contributed by atoms with Gasteiger partial charge in [-0.15, -0.1) is 0 Å². The van der Waals surface area contributed by atoms with Crippen LogP contribution < -0.4 is 10.7 Å². The van der Waals surface area contributed by atoms with Crippen molar-refractivity contribution in [2.24, 2.45) is 0 Å². The number of benzene rings is 4. The van der Waals surface area contributed by atoms with Gasteiger partial charge in [0, 0.05) is 27.9 Å². The second kappa shape index (κ2) is 9.20. The summed E-state index contributed by atoms with van der Waals surface area (Å²) < 4.78 is 1.66. The fraction of sp³-hybridized carbons (Fsp3) is 0.0690. The topological polar surface area (TPSA) is 68.2 Å². The highest BCUT2D eigenvalue weighted by molar-refractivity contribution is 6.30. The first-order valence-electron chi connectivity index (χ1n) is 11.1. The number of ketones is 1. The van der Waals surface area contributed by atoms with Crippen LogP contribution in [0.25, 0.3) is 21.7 Å². The van der Waals surface area contributed by atoms with Gasteiger partial charge in [-0.1, -0.05) is 54.1 Å². The van der Waals surface area contributed by atoms with Gasteiger partial charge in [0.25, 0.3) is 0 Å². The number of aromatic nitrogens is 1. The third-order valence-corrected chi connectivity index (χ3v) is 6.19. The smallest absolute Gasteiger partial charge is 0.244 e. The first-order valence-corrected chi connectivity index (χ1v) is 11.5. The zero-order chi connectivity index (χ0) is 24.5. The Labute approximate surface area is 206 Å². The number of nitrogens with one attached hydrogen (secondary N) is 1. The van der Waals surface area contributed by atoms with E-state index >= 15 is 0 Å². The molecule has 35 heavy (non-hydrogen) atoms. The lowest BCUT2D eigenvalue weighted by atomic mass is 9.99. The number of hydrogen-bond acceptors (Lipinski definition) is 3. The van der Waals surface area contributed by atoms with E-state index in [9.17, 15) is 14.4 Å². The summed E-state index contributed by atoms with van der Waals surface area (Å²) >= 11 is 5.92. The molecule has 0 atom stereocenters. The molecule has 1 heterocycles. The maximum Gasteiger partial charge on any atom is 0.244 e. The van der Waals surface area contributed by atoms with Gasteiger partial charge in [0.05, 0.1) is 11.1 Å². The molecule has 6 heteroatoms. The quantitative estimate of drug-likeness (QED) is 0.314. The summed E-state index contributed by atoms with van der Waals surface area (Å²) in [5.74, 6) is -0.669. The van der Waals surface area contributed by atoms with Crippen LogP contribution in [0.5, 0.6) is 0 Å². The number of carbonyl (C=O) groups is 2. The molecule has 0 bridgehead atoms. The van der Waals surface area contributed by atoms with Gasteiger partial charge in [0.1, 0.15) is 6.54 Å². The molecule has 0 saturated carbocycles. The van der Waals surface area contributed by atoms with E-state index < -0.39 is 0 Å². The lowest BCUT2D eigenvalue weighted by molar-refractivity contribution is -0.116. The zero-order valence-corrected chi connectivity index (χ0v) is 19.7. The monoisotopic (exact) mass is 480 g/mol. The number of amides is 1. The van der Waals surface area contributed by atoms with Crippen LogP contribution in [-0.4, -0.2) is 16.3 Å². The molecular weight excluding hydrogens is 460 g/mol. The fourth-order valence-corrected chi connectivity index (χ4v) is 4.29. The number of halogens is 1. The molecule has 0 aliphatic rings.